The highest BCUT2D eigenvalue weighted by atomic mass is 35.5. The summed E-state index contributed by atoms with van der Waals surface area (Å²) in [5.74, 6) is 0.808. The molecular weight excluding hydrogens is 312 g/mol. The van der Waals surface area contributed by atoms with Crippen LogP contribution in [0.4, 0.5) is 0 Å². The molecule has 1 aromatic carbocycles. The van der Waals surface area contributed by atoms with Crippen molar-refractivity contribution in [1.82, 2.24) is 14.3 Å². The van der Waals surface area contributed by atoms with Crippen LogP contribution in [0.25, 0.3) is 0 Å². The van der Waals surface area contributed by atoms with Crippen LogP contribution in [0.15, 0.2) is 35.5 Å². The topological polar surface area (TPSA) is 90.0 Å². The van der Waals surface area contributed by atoms with E-state index in [4.69, 9.17) is 17.3 Å². The van der Waals surface area contributed by atoms with Crippen molar-refractivity contribution >= 4 is 21.6 Å². The molecule has 1 aromatic heterocycles. The lowest BCUT2D eigenvalue weighted by atomic mass is 10.2. The zero-order chi connectivity index (χ0) is 15.5. The number of aryl methyl sites for hydroxylation is 1. The first-order chi connectivity index (χ1) is 9.94. The third-order valence-electron chi connectivity index (χ3n) is 3.08. The van der Waals surface area contributed by atoms with Crippen LogP contribution in [0.1, 0.15) is 11.4 Å². The van der Waals surface area contributed by atoms with Gasteiger partial charge in [-0.2, -0.15) is 0 Å². The second kappa shape index (κ2) is 6.57. The number of benzene rings is 1. The van der Waals surface area contributed by atoms with Gasteiger partial charge in [-0.15, -0.1) is 0 Å². The van der Waals surface area contributed by atoms with E-state index in [0.717, 1.165) is 11.4 Å². The van der Waals surface area contributed by atoms with Crippen LogP contribution in [-0.4, -0.2) is 24.5 Å². The first-order valence-electron chi connectivity index (χ1n) is 6.38. The fraction of sp³-hybridized carbons (Fsp3) is 0.308. The molecule has 1 heterocycles. The first-order valence-corrected chi connectivity index (χ1v) is 8.24. The van der Waals surface area contributed by atoms with Crippen molar-refractivity contribution in [1.29, 1.82) is 0 Å². The van der Waals surface area contributed by atoms with Crippen LogP contribution in [-0.2, 0) is 30.0 Å². The minimum atomic E-state index is -3.64. The summed E-state index contributed by atoms with van der Waals surface area (Å²) in [7, 11) is -1.78. The van der Waals surface area contributed by atoms with E-state index in [-0.39, 0.29) is 16.5 Å². The molecule has 0 atom stereocenters. The van der Waals surface area contributed by atoms with Crippen molar-refractivity contribution in [2.45, 2.75) is 17.9 Å². The minimum Gasteiger partial charge on any atom is -0.338 e. The van der Waals surface area contributed by atoms with E-state index >= 15 is 0 Å². The van der Waals surface area contributed by atoms with E-state index in [0.29, 0.717) is 13.0 Å². The van der Waals surface area contributed by atoms with Crippen molar-refractivity contribution in [3.63, 3.8) is 0 Å². The normalized spacial score (nSPS) is 11.8. The number of aromatic nitrogens is 2. The lowest BCUT2D eigenvalue weighted by Crippen LogP contribution is -2.27. The Morgan fingerprint density at radius 3 is 2.76 bits per heavy atom. The number of nitrogens with zero attached hydrogens (tertiary/aromatic N) is 2. The molecule has 2 aromatic rings. The lowest BCUT2D eigenvalue weighted by Gasteiger charge is -2.09. The highest BCUT2D eigenvalue weighted by molar-refractivity contribution is 7.89. The largest absolute Gasteiger partial charge is 0.338 e. The van der Waals surface area contributed by atoms with Crippen LogP contribution in [0.2, 0.25) is 5.02 Å². The van der Waals surface area contributed by atoms with Gasteiger partial charge in [-0.05, 0) is 17.7 Å². The van der Waals surface area contributed by atoms with Gasteiger partial charge in [0.05, 0.1) is 5.02 Å². The number of halogens is 1. The summed E-state index contributed by atoms with van der Waals surface area (Å²) >= 11 is 6.01. The van der Waals surface area contributed by atoms with Crippen molar-refractivity contribution in [2.24, 2.45) is 12.8 Å². The molecule has 0 amide bonds. The van der Waals surface area contributed by atoms with Crippen LogP contribution in [0, 0.1) is 0 Å². The standard InChI is InChI=1S/C13H17ClN4O2S/c1-18-7-6-16-13(18)4-5-17-21(19,20)12-3-2-10(9-15)8-11(12)14/h2-3,6-8,17H,4-5,9,15H2,1H3. The Hall–Kier alpha value is -1.41. The monoisotopic (exact) mass is 328 g/mol. The summed E-state index contributed by atoms with van der Waals surface area (Å²) in [4.78, 5) is 4.19. The Balaban J connectivity index is 2.06. The summed E-state index contributed by atoms with van der Waals surface area (Å²) < 4.78 is 28.8. The van der Waals surface area contributed by atoms with Crippen LogP contribution < -0.4 is 10.5 Å². The molecule has 114 valence electrons. The molecule has 6 nitrogen and oxygen atoms in total. The van der Waals surface area contributed by atoms with Crippen molar-refractivity contribution < 1.29 is 8.42 Å². The van der Waals surface area contributed by atoms with E-state index in [9.17, 15) is 8.42 Å². The van der Waals surface area contributed by atoms with Gasteiger partial charge in [-0.25, -0.2) is 18.1 Å². The average molecular weight is 329 g/mol. The maximum Gasteiger partial charge on any atom is 0.242 e. The van der Waals surface area contributed by atoms with E-state index in [2.05, 4.69) is 9.71 Å². The molecule has 0 aliphatic heterocycles. The molecule has 0 radical (unpaired) electrons. The minimum absolute atomic E-state index is 0.0567. The smallest absolute Gasteiger partial charge is 0.242 e. The summed E-state index contributed by atoms with van der Waals surface area (Å²) in [6.07, 6.45) is 3.99. The summed E-state index contributed by atoms with van der Waals surface area (Å²) in [6.45, 7) is 0.564. The van der Waals surface area contributed by atoms with Crippen LogP contribution in [0.5, 0.6) is 0 Å². The van der Waals surface area contributed by atoms with Crippen molar-refractivity contribution in [3.8, 4) is 0 Å². The van der Waals surface area contributed by atoms with Gasteiger partial charge >= 0.3 is 0 Å². The Morgan fingerprint density at radius 2 is 2.19 bits per heavy atom. The Kier molecular flexibility index (Phi) is 5.00. The molecule has 21 heavy (non-hydrogen) atoms. The fourth-order valence-electron chi connectivity index (χ4n) is 1.90. The van der Waals surface area contributed by atoms with Gasteiger partial charge in [0.2, 0.25) is 10.0 Å². The Labute approximate surface area is 129 Å². The Morgan fingerprint density at radius 1 is 1.43 bits per heavy atom. The maximum absolute atomic E-state index is 12.2. The van der Waals surface area contributed by atoms with E-state index < -0.39 is 10.0 Å². The van der Waals surface area contributed by atoms with Crippen LogP contribution in [0.3, 0.4) is 0 Å². The highest BCUT2D eigenvalue weighted by Gasteiger charge is 2.17. The van der Waals surface area contributed by atoms with Crippen molar-refractivity contribution in [2.75, 3.05) is 6.54 Å². The van der Waals surface area contributed by atoms with Crippen molar-refractivity contribution in [3.05, 3.63) is 47.0 Å². The SMILES string of the molecule is Cn1ccnc1CCNS(=O)(=O)c1ccc(CN)cc1Cl. The van der Waals surface area contributed by atoms with Gasteiger partial charge in [0.1, 0.15) is 10.7 Å². The number of hydrogen-bond acceptors (Lipinski definition) is 4. The van der Waals surface area contributed by atoms with Crippen LogP contribution >= 0.6 is 11.6 Å². The van der Waals surface area contributed by atoms with Gasteiger partial charge in [0, 0.05) is 39.0 Å². The molecule has 0 bridgehead atoms. The zero-order valence-corrected chi connectivity index (χ0v) is 13.2. The molecule has 0 aliphatic carbocycles. The summed E-state index contributed by atoms with van der Waals surface area (Å²) in [5, 5.41) is 0.169. The van der Waals surface area contributed by atoms with E-state index in [1.807, 2.05) is 17.8 Å². The first kappa shape index (κ1) is 16.0. The van der Waals surface area contributed by atoms with Gasteiger partial charge in [0.15, 0.2) is 0 Å². The number of imidazole rings is 1. The number of nitrogens with one attached hydrogen (secondary N) is 1. The van der Waals surface area contributed by atoms with Gasteiger partial charge in [-0.3, -0.25) is 0 Å². The van der Waals surface area contributed by atoms with E-state index in [1.54, 1.807) is 18.3 Å². The molecule has 0 fully saturated rings. The van der Waals surface area contributed by atoms with Gasteiger partial charge in [-0.1, -0.05) is 17.7 Å². The second-order valence-corrected chi connectivity index (χ2v) is 6.71. The van der Waals surface area contributed by atoms with E-state index in [1.165, 1.54) is 6.07 Å². The number of rotatable bonds is 6. The maximum atomic E-state index is 12.2. The second-order valence-electron chi connectivity index (χ2n) is 4.57. The number of sulfonamides is 1. The summed E-state index contributed by atoms with van der Waals surface area (Å²) in [6, 6.07) is 4.68. The average Bonchev–Trinajstić information content (AvgIpc) is 2.83. The quantitative estimate of drug-likeness (QED) is 0.829. The molecule has 0 unspecified atom stereocenters. The Bertz CT molecular complexity index is 728. The molecule has 2 rings (SSSR count). The molecule has 0 saturated carbocycles. The molecular formula is C13H17ClN4O2S. The summed E-state index contributed by atoms with van der Waals surface area (Å²) in [5.41, 5.74) is 6.28. The third-order valence-corrected chi connectivity index (χ3v) is 5.03. The fourth-order valence-corrected chi connectivity index (χ4v) is 3.50. The molecule has 0 saturated heterocycles. The third kappa shape index (κ3) is 3.82. The number of hydrogen-bond donors (Lipinski definition) is 2. The molecule has 0 aliphatic rings. The molecule has 3 N–H and O–H groups in total. The lowest BCUT2D eigenvalue weighted by molar-refractivity contribution is 0.580. The predicted molar refractivity (Wildman–Crippen MR) is 81.4 cm³/mol. The molecule has 0 spiro atoms. The predicted octanol–water partition coefficient (Wildman–Crippen LogP) is 1.05. The molecule has 8 heteroatoms. The van der Waals surface area contributed by atoms with Gasteiger partial charge < -0.3 is 10.3 Å². The zero-order valence-electron chi connectivity index (χ0n) is 11.6. The van der Waals surface area contributed by atoms with Gasteiger partial charge in [0.25, 0.3) is 0 Å². The highest BCUT2D eigenvalue weighted by Crippen LogP contribution is 2.22. The number of nitrogens with two attached hydrogens (primary N) is 1.